The van der Waals surface area contributed by atoms with Crippen molar-refractivity contribution < 1.29 is 9.18 Å². The highest BCUT2D eigenvalue weighted by atomic mass is 19.1. The maximum atomic E-state index is 13.2. The van der Waals surface area contributed by atoms with Gasteiger partial charge in [-0.1, -0.05) is 18.2 Å². The van der Waals surface area contributed by atoms with Crippen molar-refractivity contribution in [3.63, 3.8) is 0 Å². The molecule has 1 aliphatic rings. The summed E-state index contributed by atoms with van der Waals surface area (Å²) < 4.78 is 13.2. The van der Waals surface area contributed by atoms with Crippen LogP contribution in [0.1, 0.15) is 12.8 Å². The molecule has 0 bridgehead atoms. The first-order chi connectivity index (χ1) is 13.7. The molecule has 0 radical (unpaired) electrons. The normalized spacial score (nSPS) is 16.6. The monoisotopic (exact) mass is 376 g/mol. The molecule has 1 saturated heterocycles. The number of nitrogens with zero attached hydrogens (tertiary/aromatic N) is 3. The van der Waals surface area contributed by atoms with Gasteiger partial charge in [0.25, 0.3) is 0 Å². The van der Waals surface area contributed by atoms with Gasteiger partial charge in [-0.25, -0.2) is 14.4 Å². The lowest BCUT2D eigenvalue weighted by Crippen LogP contribution is -2.41. The van der Waals surface area contributed by atoms with Crippen molar-refractivity contribution in [3.8, 4) is 11.4 Å². The van der Waals surface area contributed by atoms with Crippen LogP contribution in [0.4, 0.5) is 15.9 Å². The highest BCUT2D eigenvalue weighted by Gasteiger charge is 2.26. The minimum absolute atomic E-state index is 0.0312. The minimum Gasteiger partial charge on any atom is -0.356 e. The van der Waals surface area contributed by atoms with Gasteiger partial charge in [0.2, 0.25) is 5.91 Å². The molecular formula is C22H21FN4O. The Bertz CT molecular complexity index is 946. The molecule has 1 aliphatic heterocycles. The molecule has 6 heteroatoms. The second-order valence-corrected chi connectivity index (χ2v) is 6.89. The summed E-state index contributed by atoms with van der Waals surface area (Å²) in [6, 6.07) is 17.5. The standard InChI is InChI=1S/C22H21FN4O/c23-18-10-8-16(9-11-18)21-24-13-12-20(26-21)27-14-4-5-17(15-27)22(28)25-19-6-2-1-3-7-19/h1-3,6-13,17H,4-5,14-15H2,(H,25,28)/t17-/m1/s1. The third-order valence-corrected chi connectivity index (χ3v) is 4.90. The number of carbonyl (C=O) groups excluding carboxylic acids is 1. The maximum Gasteiger partial charge on any atom is 0.229 e. The molecule has 0 unspecified atom stereocenters. The number of halogens is 1. The molecule has 3 aromatic rings. The Morgan fingerprint density at radius 3 is 2.64 bits per heavy atom. The van der Waals surface area contributed by atoms with Crippen molar-refractivity contribution >= 4 is 17.4 Å². The zero-order chi connectivity index (χ0) is 19.3. The van der Waals surface area contributed by atoms with Gasteiger partial charge in [-0.2, -0.15) is 0 Å². The predicted molar refractivity (Wildman–Crippen MR) is 107 cm³/mol. The first-order valence-corrected chi connectivity index (χ1v) is 9.39. The van der Waals surface area contributed by atoms with Crippen LogP contribution in [-0.2, 0) is 4.79 Å². The van der Waals surface area contributed by atoms with Crippen LogP contribution in [0.15, 0.2) is 66.9 Å². The van der Waals surface area contributed by atoms with Gasteiger partial charge >= 0.3 is 0 Å². The van der Waals surface area contributed by atoms with E-state index in [1.165, 1.54) is 12.1 Å². The molecule has 1 fully saturated rings. The van der Waals surface area contributed by atoms with Crippen molar-refractivity contribution in [3.05, 3.63) is 72.7 Å². The Labute approximate surface area is 163 Å². The molecule has 1 aromatic heterocycles. The zero-order valence-corrected chi connectivity index (χ0v) is 15.4. The van der Waals surface area contributed by atoms with Gasteiger partial charge < -0.3 is 10.2 Å². The number of carbonyl (C=O) groups is 1. The fourth-order valence-corrected chi connectivity index (χ4v) is 3.43. The SMILES string of the molecule is O=C(Nc1ccccc1)[C@@H]1CCCN(c2ccnc(-c3ccc(F)cc3)n2)C1. The summed E-state index contributed by atoms with van der Waals surface area (Å²) in [6.07, 6.45) is 3.47. The van der Waals surface area contributed by atoms with Gasteiger partial charge in [-0.3, -0.25) is 4.79 Å². The predicted octanol–water partition coefficient (Wildman–Crippen LogP) is 4.14. The van der Waals surface area contributed by atoms with Gasteiger partial charge in [-0.05, 0) is 55.3 Å². The van der Waals surface area contributed by atoms with Gasteiger partial charge in [0.15, 0.2) is 5.82 Å². The summed E-state index contributed by atoms with van der Waals surface area (Å²) in [5, 5.41) is 2.99. The smallest absolute Gasteiger partial charge is 0.229 e. The number of para-hydroxylation sites is 1. The van der Waals surface area contributed by atoms with Crippen LogP contribution in [0.3, 0.4) is 0 Å². The third kappa shape index (κ3) is 4.17. The number of piperidine rings is 1. The topological polar surface area (TPSA) is 58.1 Å². The van der Waals surface area contributed by atoms with E-state index in [-0.39, 0.29) is 17.6 Å². The Morgan fingerprint density at radius 2 is 1.86 bits per heavy atom. The van der Waals surface area contributed by atoms with Crippen LogP contribution in [0, 0.1) is 11.7 Å². The fraction of sp³-hybridized carbons (Fsp3) is 0.227. The van der Waals surface area contributed by atoms with Crippen LogP contribution in [0.2, 0.25) is 0 Å². The molecule has 1 N–H and O–H groups in total. The Kier molecular flexibility index (Phi) is 5.28. The maximum absolute atomic E-state index is 13.2. The van der Waals surface area contributed by atoms with E-state index in [2.05, 4.69) is 20.2 Å². The Balaban J connectivity index is 1.48. The van der Waals surface area contributed by atoms with E-state index >= 15 is 0 Å². The summed E-state index contributed by atoms with van der Waals surface area (Å²) in [5.74, 6) is 0.977. The van der Waals surface area contributed by atoms with Crippen LogP contribution in [0.5, 0.6) is 0 Å². The molecule has 0 aliphatic carbocycles. The van der Waals surface area contributed by atoms with E-state index in [1.807, 2.05) is 36.4 Å². The van der Waals surface area contributed by atoms with E-state index in [0.717, 1.165) is 36.5 Å². The summed E-state index contributed by atoms with van der Waals surface area (Å²) in [4.78, 5) is 23.7. The summed E-state index contributed by atoms with van der Waals surface area (Å²) in [6.45, 7) is 1.45. The molecule has 4 rings (SSSR count). The Morgan fingerprint density at radius 1 is 1.07 bits per heavy atom. The molecule has 2 heterocycles. The number of aromatic nitrogens is 2. The fourth-order valence-electron chi connectivity index (χ4n) is 3.43. The highest BCUT2D eigenvalue weighted by Crippen LogP contribution is 2.25. The van der Waals surface area contributed by atoms with E-state index in [1.54, 1.807) is 18.3 Å². The molecule has 1 atom stereocenters. The van der Waals surface area contributed by atoms with E-state index < -0.39 is 0 Å². The minimum atomic E-state index is -0.289. The number of nitrogens with one attached hydrogen (secondary N) is 1. The molecule has 2 aromatic carbocycles. The molecule has 1 amide bonds. The number of amides is 1. The average Bonchev–Trinajstić information content (AvgIpc) is 2.75. The Hall–Kier alpha value is -3.28. The summed E-state index contributed by atoms with van der Waals surface area (Å²) >= 11 is 0. The van der Waals surface area contributed by atoms with Crippen LogP contribution in [-0.4, -0.2) is 29.0 Å². The lowest BCUT2D eigenvalue weighted by molar-refractivity contribution is -0.120. The molecule has 142 valence electrons. The number of benzene rings is 2. The largest absolute Gasteiger partial charge is 0.356 e. The van der Waals surface area contributed by atoms with Crippen molar-refractivity contribution in [2.75, 3.05) is 23.3 Å². The number of rotatable bonds is 4. The van der Waals surface area contributed by atoms with Crippen LogP contribution >= 0.6 is 0 Å². The average molecular weight is 376 g/mol. The van der Waals surface area contributed by atoms with Crippen molar-refractivity contribution in [2.45, 2.75) is 12.8 Å². The van der Waals surface area contributed by atoms with E-state index in [9.17, 15) is 9.18 Å². The second kappa shape index (κ2) is 8.17. The number of hydrogen-bond acceptors (Lipinski definition) is 4. The van der Waals surface area contributed by atoms with Crippen molar-refractivity contribution in [1.29, 1.82) is 0 Å². The van der Waals surface area contributed by atoms with E-state index in [4.69, 9.17) is 0 Å². The first kappa shape index (κ1) is 18.1. The lowest BCUT2D eigenvalue weighted by atomic mass is 9.97. The van der Waals surface area contributed by atoms with Crippen molar-refractivity contribution in [1.82, 2.24) is 9.97 Å². The first-order valence-electron chi connectivity index (χ1n) is 9.39. The summed E-state index contributed by atoms with van der Waals surface area (Å²) in [5.41, 5.74) is 1.57. The second-order valence-electron chi connectivity index (χ2n) is 6.89. The molecule has 28 heavy (non-hydrogen) atoms. The van der Waals surface area contributed by atoms with Gasteiger partial charge in [0.1, 0.15) is 11.6 Å². The van der Waals surface area contributed by atoms with Crippen molar-refractivity contribution in [2.24, 2.45) is 5.92 Å². The summed E-state index contributed by atoms with van der Waals surface area (Å²) in [7, 11) is 0. The quantitative estimate of drug-likeness (QED) is 0.744. The van der Waals surface area contributed by atoms with Crippen LogP contribution < -0.4 is 10.2 Å². The van der Waals surface area contributed by atoms with Gasteiger partial charge in [0, 0.05) is 30.5 Å². The molecular weight excluding hydrogens is 355 g/mol. The molecule has 0 spiro atoms. The van der Waals surface area contributed by atoms with Gasteiger partial charge in [-0.15, -0.1) is 0 Å². The number of anilines is 2. The van der Waals surface area contributed by atoms with Crippen LogP contribution in [0.25, 0.3) is 11.4 Å². The zero-order valence-electron chi connectivity index (χ0n) is 15.4. The molecule has 0 saturated carbocycles. The third-order valence-electron chi connectivity index (χ3n) is 4.90. The number of hydrogen-bond donors (Lipinski definition) is 1. The highest BCUT2D eigenvalue weighted by molar-refractivity contribution is 5.93. The lowest BCUT2D eigenvalue weighted by Gasteiger charge is -2.33. The van der Waals surface area contributed by atoms with Gasteiger partial charge in [0.05, 0.1) is 5.92 Å². The van der Waals surface area contributed by atoms with E-state index in [0.29, 0.717) is 12.4 Å². The molecule has 5 nitrogen and oxygen atoms in total.